The number of hydrogen-bond acceptors (Lipinski definition) is 3. The van der Waals surface area contributed by atoms with Crippen LogP contribution in [-0.4, -0.2) is 29.1 Å². The number of esters is 1. The molecule has 0 unspecified atom stereocenters. The van der Waals surface area contributed by atoms with Crippen molar-refractivity contribution in [3.8, 4) is 0 Å². The molecule has 1 rings (SSSR count). The molecule has 1 heterocycles. The Morgan fingerprint density at radius 1 is 1.50 bits per heavy atom. The van der Waals surface area contributed by atoms with Crippen LogP contribution in [-0.2, 0) is 16.6 Å². The van der Waals surface area contributed by atoms with Crippen molar-refractivity contribution < 1.29 is 14.3 Å². The summed E-state index contributed by atoms with van der Waals surface area (Å²) in [4.78, 5) is 22.7. The second-order valence-electron chi connectivity index (χ2n) is 3.80. The monoisotopic (exact) mass is 224 g/mol. The molecule has 0 aliphatic heterocycles. The van der Waals surface area contributed by atoms with Gasteiger partial charge < -0.3 is 14.6 Å². The molecule has 0 radical (unpaired) electrons. The van der Waals surface area contributed by atoms with E-state index in [2.05, 4.69) is 5.32 Å². The van der Waals surface area contributed by atoms with E-state index in [9.17, 15) is 9.59 Å². The molecule has 0 aromatic carbocycles. The fourth-order valence-electron chi connectivity index (χ4n) is 1.24. The van der Waals surface area contributed by atoms with Gasteiger partial charge in [0.1, 0.15) is 5.69 Å². The third-order valence-electron chi connectivity index (χ3n) is 1.94. The van der Waals surface area contributed by atoms with Gasteiger partial charge in [0.15, 0.2) is 6.61 Å². The molecule has 16 heavy (non-hydrogen) atoms. The maximum absolute atomic E-state index is 11.5. The molecule has 1 aromatic rings. The van der Waals surface area contributed by atoms with Crippen molar-refractivity contribution >= 4 is 11.9 Å². The lowest BCUT2D eigenvalue weighted by Crippen LogP contribution is -2.34. The Bertz CT molecular complexity index is 382. The normalized spacial score (nSPS) is 10.2. The molecule has 0 saturated heterocycles. The number of rotatable bonds is 4. The lowest BCUT2D eigenvalue weighted by atomic mass is 10.4. The van der Waals surface area contributed by atoms with E-state index in [0.29, 0.717) is 5.69 Å². The predicted octanol–water partition coefficient (Wildman–Crippen LogP) is 0.706. The van der Waals surface area contributed by atoms with Gasteiger partial charge in [0.2, 0.25) is 0 Å². The molecule has 0 spiro atoms. The van der Waals surface area contributed by atoms with Crippen LogP contribution in [0.25, 0.3) is 0 Å². The van der Waals surface area contributed by atoms with Crippen molar-refractivity contribution in [2.24, 2.45) is 7.05 Å². The van der Waals surface area contributed by atoms with Crippen molar-refractivity contribution in [2.75, 3.05) is 6.61 Å². The van der Waals surface area contributed by atoms with Gasteiger partial charge in [0, 0.05) is 19.3 Å². The SMILES string of the molecule is CC(C)NC(=O)COC(=O)c1cccn1C. The predicted molar refractivity (Wildman–Crippen MR) is 59.0 cm³/mol. The molecule has 1 N–H and O–H groups in total. The minimum absolute atomic E-state index is 0.0428. The molecular formula is C11H16N2O3. The van der Waals surface area contributed by atoms with Crippen molar-refractivity contribution in [3.05, 3.63) is 24.0 Å². The number of aromatic nitrogens is 1. The molecule has 1 aromatic heterocycles. The topological polar surface area (TPSA) is 60.3 Å². The van der Waals surface area contributed by atoms with Gasteiger partial charge in [0.25, 0.3) is 5.91 Å². The van der Waals surface area contributed by atoms with Gasteiger partial charge in [-0.2, -0.15) is 0 Å². The summed E-state index contributed by atoms with van der Waals surface area (Å²) in [6.07, 6.45) is 1.74. The summed E-state index contributed by atoms with van der Waals surface area (Å²) < 4.78 is 6.50. The van der Waals surface area contributed by atoms with Crippen LogP contribution in [0.4, 0.5) is 0 Å². The first kappa shape index (κ1) is 12.3. The number of carbonyl (C=O) groups is 2. The second kappa shape index (κ2) is 5.34. The highest BCUT2D eigenvalue weighted by atomic mass is 16.5. The Labute approximate surface area is 94.4 Å². The minimum atomic E-state index is -0.494. The summed E-state index contributed by atoms with van der Waals surface area (Å²) in [6.45, 7) is 3.44. The molecule has 0 saturated carbocycles. The van der Waals surface area contributed by atoms with Gasteiger partial charge in [-0.15, -0.1) is 0 Å². The van der Waals surface area contributed by atoms with Crippen LogP contribution in [0, 0.1) is 0 Å². The summed E-state index contributed by atoms with van der Waals surface area (Å²) >= 11 is 0. The zero-order valence-corrected chi connectivity index (χ0v) is 9.69. The molecule has 0 aliphatic rings. The summed E-state index contributed by atoms with van der Waals surface area (Å²) in [5.74, 6) is -0.788. The number of nitrogens with zero attached hydrogens (tertiary/aromatic N) is 1. The number of nitrogens with one attached hydrogen (secondary N) is 1. The van der Waals surface area contributed by atoms with Crippen molar-refractivity contribution in [1.29, 1.82) is 0 Å². The number of ether oxygens (including phenoxy) is 1. The fraction of sp³-hybridized carbons (Fsp3) is 0.455. The van der Waals surface area contributed by atoms with Crippen LogP contribution in [0.1, 0.15) is 24.3 Å². The summed E-state index contributed by atoms with van der Waals surface area (Å²) in [7, 11) is 1.74. The number of carbonyl (C=O) groups excluding carboxylic acids is 2. The Morgan fingerprint density at radius 2 is 2.19 bits per heavy atom. The molecule has 5 nitrogen and oxygen atoms in total. The highest BCUT2D eigenvalue weighted by Gasteiger charge is 2.12. The quantitative estimate of drug-likeness (QED) is 0.766. The molecule has 5 heteroatoms. The zero-order chi connectivity index (χ0) is 12.1. The third kappa shape index (κ3) is 3.42. The van der Waals surface area contributed by atoms with E-state index < -0.39 is 5.97 Å². The summed E-state index contributed by atoms with van der Waals surface area (Å²) in [5, 5.41) is 2.64. The van der Waals surface area contributed by atoms with Gasteiger partial charge in [-0.3, -0.25) is 4.79 Å². The average Bonchev–Trinajstić information content (AvgIpc) is 2.60. The Balaban J connectivity index is 2.42. The van der Waals surface area contributed by atoms with Gasteiger partial charge in [0.05, 0.1) is 0 Å². The highest BCUT2D eigenvalue weighted by Crippen LogP contribution is 2.01. The molecule has 1 amide bonds. The molecule has 88 valence electrons. The van der Waals surface area contributed by atoms with Crippen LogP contribution >= 0.6 is 0 Å². The minimum Gasteiger partial charge on any atom is -0.451 e. The van der Waals surface area contributed by atoms with Crippen LogP contribution in [0.2, 0.25) is 0 Å². The smallest absolute Gasteiger partial charge is 0.355 e. The van der Waals surface area contributed by atoms with Crippen LogP contribution in [0.15, 0.2) is 18.3 Å². The molecular weight excluding hydrogens is 208 g/mol. The molecule has 0 aliphatic carbocycles. The van der Waals surface area contributed by atoms with Gasteiger partial charge in [-0.25, -0.2) is 4.79 Å². The Morgan fingerprint density at radius 3 is 2.69 bits per heavy atom. The Kier molecular flexibility index (Phi) is 4.10. The maximum atomic E-state index is 11.5. The van der Waals surface area contributed by atoms with Crippen molar-refractivity contribution in [3.63, 3.8) is 0 Å². The highest BCUT2D eigenvalue weighted by molar-refractivity contribution is 5.89. The van der Waals surface area contributed by atoms with Crippen LogP contribution in [0.5, 0.6) is 0 Å². The van der Waals surface area contributed by atoms with Crippen molar-refractivity contribution in [2.45, 2.75) is 19.9 Å². The fourth-order valence-corrected chi connectivity index (χ4v) is 1.24. The van der Waals surface area contributed by atoms with E-state index >= 15 is 0 Å². The first-order chi connectivity index (χ1) is 7.50. The van der Waals surface area contributed by atoms with E-state index in [-0.39, 0.29) is 18.6 Å². The molecule has 0 fully saturated rings. The van der Waals surface area contributed by atoms with E-state index in [4.69, 9.17) is 4.74 Å². The van der Waals surface area contributed by atoms with Gasteiger partial charge in [-0.1, -0.05) is 0 Å². The zero-order valence-electron chi connectivity index (χ0n) is 9.69. The van der Waals surface area contributed by atoms with E-state index in [1.807, 2.05) is 13.8 Å². The van der Waals surface area contributed by atoms with E-state index in [1.54, 1.807) is 29.9 Å². The van der Waals surface area contributed by atoms with Crippen LogP contribution in [0.3, 0.4) is 0 Å². The first-order valence-electron chi connectivity index (χ1n) is 5.08. The molecule has 0 atom stereocenters. The standard InChI is InChI=1S/C11H16N2O3/c1-8(2)12-10(14)7-16-11(15)9-5-4-6-13(9)3/h4-6,8H,7H2,1-3H3,(H,12,14). The lowest BCUT2D eigenvalue weighted by Gasteiger charge is -2.09. The number of aryl methyl sites for hydroxylation is 1. The Hall–Kier alpha value is -1.78. The lowest BCUT2D eigenvalue weighted by molar-refractivity contribution is -0.124. The largest absolute Gasteiger partial charge is 0.451 e. The second-order valence-corrected chi connectivity index (χ2v) is 3.80. The van der Waals surface area contributed by atoms with E-state index in [1.165, 1.54) is 0 Å². The average molecular weight is 224 g/mol. The van der Waals surface area contributed by atoms with Gasteiger partial charge >= 0.3 is 5.97 Å². The maximum Gasteiger partial charge on any atom is 0.355 e. The van der Waals surface area contributed by atoms with Crippen LogP contribution < -0.4 is 5.32 Å². The molecule has 0 bridgehead atoms. The summed E-state index contributed by atoms with van der Waals surface area (Å²) in [5.41, 5.74) is 0.428. The van der Waals surface area contributed by atoms with E-state index in [0.717, 1.165) is 0 Å². The summed E-state index contributed by atoms with van der Waals surface area (Å²) in [6, 6.07) is 3.43. The van der Waals surface area contributed by atoms with Crippen molar-refractivity contribution in [1.82, 2.24) is 9.88 Å². The first-order valence-corrected chi connectivity index (χ1v) is 5.08. The third-order valence-corrected chi connectivity index (χ3v) is 1.94. The van der Waals surface area contributed by atoms with Gasteiger partial charge in [-0.05, 0) is 26.0 Å². The number of amides is 1. The number of hydrogen-bond donors (Lipinski definition) is 1.